The number of benzene rings is 1. The highest BCUT2D eigenvalue weighted by molar-refractivity contribution is 6.35. The number of rotatable bonds is 3. The molecule has 1 N–H and O–H groups in total. The average molecular weight is 334 g/mol. The Hall–Kier alpha value is -1.33. The minimum Gasteiger partial charge on any atom is -0.464 e. The lowest BCUT2D eigenvalue weighted by molar-refractivity contribution is -0.147. The lowest BCUT2D eigenvalue weighted by atomic mass is 9.76. The summed E-state index contributed by atoms with van der Waals surface area (Å²) in [5.41, 5.74) is -0.645. The maximum atomic E-state index is 13.7. The van der Waals surface area contributed by atoms with Gasteiger partial charge < -0.3 is 10.1 Å². The van der Waals surface area contributed by atoms with Gasteiger partial charge in [-0.3, -0.25) is 4.79 Å². The van der Waals surface area contributed by atoms with Gasteiger partial charge in [0.1, 0.15) is 11.9 Å². The summed E-state index contributed by atoms with van der Waals surface area (Å²) in [6.45, 7) is 3.52. The summed E-state index contributed by atoms with van der Waals surface area (Å²) in [5.74, 6) is -1.54. The van der Waals surface area contributed by atoms with Gasteiger partial charge >= 0.3 is 5.97 Å². The van der Waals surface area contributed by atoms with Crippen LogP contribution in [-0.4, -0.2) is 24.5 Å². The van der Waals surface area contributed by atoms with E-state index in [-0.39, 0.29) is 29.0 Å². The van der Waals surface area contributed by atoms with Gasteiger partial charge in [-0.1, -0.05) is 30.1 Å². The zero-order chi connectivity index (χ0) is 15.8. The molecule has 2 rings (SSSR count). The van der Waals surface area contributed by atoms with Crippen molar-refractivity contribution in [1.82, 2.24) is 5.32 Å². The molecule has 7 heteroatoms. The van der Waals surface area contributed by atoms with Crippen molar-refractivity contribution in [2.75, 3.05) is 6.61 Å². The van der Waals surface area contributed by atoms with Crippen LogP contribution in [0.1, 0.15) is 25.8 Å². The third-order valence-electron chi connectivity index (χ3n) is 3.62. The normalized spacial score (nSPS) is 24.8. The number of carbonyl (C=O) groups is 2. The lowest BCUT2D eigenvalue weighted by Gasteiger charge is -2.30. The Morgan fingerprint density at radius 2 is 2.14 bits per heavy atom. The molecule has 21 heavy (non-hydrogen) atoms. The summed E-state index contributed by atoms with van der Waals surface area (Å²) in [4.78, 5) is 23.8. The van der Waals surface area contributed by atoms with E-state index in [0.717, 1.165) is 6.07 Å². The van der Waals surface area contributed by atoms with Crippen molar-refractivity contribution in [3.8, 4) is 0 Å². The van der Waals surface area contributed by atoms with E-state index in [1.54, 1.807) is 13.8 Å². The summed E-state index contributed by atoms with van der Waals surface area (Å²) >= 11 is 11.8. The molecule has 4 nitrogen and oxygen atoms in total. The van der Waals surface area contributed by atoms with Crippen LogP contribution in [-0.2, 0) is 19.7 Å². The van der Waals surface area contributed by atoms with Crippen LogP contribution in [0.2, 0.25) is 10.0 Å². The Morgan fingerprint density at radius 1 is 1.48 bits per heavy atom. The summed E-state index contributed by atoms with van der Waals surface area (Å²) in [6, 6.07) is 1.52. The van der Waals surface area contributed by atoms with E-state index in [4.69, 9.17) is 27.9 Å². The molecule has 1 aromatic rings. The molecule has 0 bridgehead atoms. The maximum absolute atomic E-state index is 13.7. The zero-order valence-corrected chi connectivity index (χ0v) is 13.0. The molecule has 0 spiro atoms. The third-order valence-corrected chi connectivity index (χ3v) is 4.22. The highest BCUT2D eigenvalue weighted by Crippen LogP contribution is 2.41. The molecule has 1 amide bonds. The molecule has 1 saturated heterocycles. The first kappa shape index (κ1) is 16.0. The van der Waals surface area contributed by atoms with Crippen LogP contribution < -0.4 is 5.32 Å². The predicted molar refractivity (Wildman–Crippen MR) is 77.0 cm³/mol. The van der Waals surface area contributed by atoms with Crippen LogP contribution in [0.25, 0.3) is 0 Å². The molecule has 0 radical (unpaired) electrons. The Labute approximate surface area is 131 Å². The standard InChI is InChI=1S/C14H14Cl2FNO3/c1-3-21-13(20)12-14(2,6-11(19)18-12)7-4-10(17)9(16)5-8(7)15/h4-5,12H,3,6H2,1-2H3,(H,18,19). The van der Waals surface area contributed by atoms with Gasteiger partial charge in [0, 0.05) is 16.9 Å². The molecular weight excluding hydrogens is 320 g/mol. The molecule has 114 valence electrons. The summed E-state index contributed by atoms with van der Waals surface area (Å²) in [6.07, 6.45) is 0.0112. The molecule has 0 aromatic heterocycles. The summed E-state index contributed by atoms with van der Waals surface area (Å²) in [7, 11) is 0. The number of hydrogen-bond donors (Lipinski definition) is 1. The van der Waals surface area contributed by atoms with Crippen molar-refractivity contribution in [3.05, 3.63) is 33.6 Å². The second-order valence-corrected chi connectivity index (χ2v) is 5.91. The number of ether oxygens (including phenoxy) is 1. The first-order valence-corrected chi connectivity index (χ1v) is 7.16. The van der Waals surface area contributed by atoms with Crippen molar-refractivity contribution < 1.29 is 18.7 Å². The Bertz CT molecular complexity index is 608. The molecule has 2 atom stereocenters. The van der Waals surface area contributed by atoms with E-state index in [1.165, 1.54) is 6.07 Å². The Morgan fingerprint density at radius 3 is 2.76 bits per heavy atom. The number of carbonyl (C=O) groups excluding carboxylic acids is 2. The van der Waals surface area contributed by atoms with Crippen molar-refractivity contribution in [2.45, 2.75) is 31.7 Å². The fourth-order valence-electron chi connectivity index (χ4n) is 2.56. The first-order valence-electron chi connectivity index (χ1n) is 6.40. The minimum atomic E-state index is -0.994. The average Bonchev–Trinajstić information content (AvgIpc) is 2.70. The highest BCUT2D eigenvalue weighted by atomic mass is 35.5. The van der Waals surface area contributed by atoms with Gasteiger partial charge in [0.2, 0.25) is 5.91 Å². The van der Waals surface area contributed by atoms with Gasteiger partial charge in [-0.25, -0.2) is 9.18 Å². The van der Waals surface area contributed by atoms with Gasteiger partial charge in [0.05, 0.1) is 11.6 Å². The molecular formula is C14H14Cl2FNO3. The molecule has 0 aliphatic carbocycles. The number of nitrogens with one attached hydrogen (secondary N) is 1. The van der Waals surface area contributed by atoms with Gasteiger partial charge in [-0.05, 0) is 24.6 Å². The van der Waals surface area contributed by atoms with Crippen LogP contribution in [0.15, 0.2) is 12.1 Å². The van der Waals surface area contributed by atoms with E-state index in [1.807, 2.05) is 0 Å². The molecule has 1 aromatic carbocycles. The predicted octanol–water partition coefficient (Wildman–Crippen LogP) is 2.84. The topological polar surface area (TPSA) is 55.4 Å². The largest absolute Gasteiger partial charge is 0.464 e. The number of halogens is 3. The van der Waals surface area contributed by atoms with Crippen LogP contribution in [0, 0.1) is 5.82 Å². The van der Waals surface area contributed by atoms with Crippen LogP contribution in [0.5, 0.6) is 0 Å². The fraction of sp³-hybridized carbons (Fsp3) is 0.429. The van der Waals surface area contributed by atoms with Crippen molar-refractivity contribution in [3.63, 3.8) is 0 Å². The van der Waals surface area contributed by atoms with Gasteiger partial charge in [-0.15, -0.1) is 0 Å². The van der Waals surface area contributed by atoms with Crippen LogP contribution >= 0.6 is 23.2 Å². The molecule has 0 saturated carbocycles. The summed E-state index contributed by atoms with van der Waals surface area (Å²) < 4.78 is 18.7. The molecule has 2 unspecified atom stereocenters. The maximum Gasteiger partial charge on any atom is 0.329 e. The lowest BCUT2D eigenvalue weighted by Crippen LogP contribution is -2.46. The molecule has 1 fully saturated rings. The van der Waals surface area contributed by atoms with E-state index < -0.39 is 23.2 Å². The Balaban J connectivity index is 2.50. The minimum absolute atomic E-state index is 0.0112. The van der Waals surface area contributed by atoms with Gasteiger partial charge in [0.15, 0.2) is 0 Å². The van der Waals surface area contributed by atoms with E-state index in [9.17, 15) is 14.0 Å². The van der Waals surface area contributed by atoms with Crippen molar-refractivity contribution in [1.29, 1.82) is 0 Å². The molecule has 1 heterocycles. The quantitative estimate of drug-likeness (QED) is 0.683. The highest BCUT2D eigenvalue weighted by Gasteiger charge is 2.50. The second-order valence-electron chi connectivity index (χ2n) is 5.09. The SMILES string of the molecule is CCOC(=O)C1NC(=O)CC1(C)c1cc(F)c(Cl)cc1Cl. The van der Waals surface area contributed by atoms with Crippen molar-refractivity contribution in [2.24, 2.45) is 0 Å². The van der Waals surface area contributed by atoms with E-state index in [0.29, 0.717) is 5.56 Å². The fourth-order valence-corrected chi connectivity index (χ4v) is 3.16. The van der Waals surface area contributed by atoms with Gasteiger partial charge in [-0.2, -0.15) is 0 Å². The molecule has 1 aliphatic rings. The van der Waals surface area contributed by atoms with Crippen molar-refractivity contribution >= 4 is 35.1 Å². The number of hydrogen-bond acceptors (Lipinski definition) is 3. The monoisotopic (exact) mass is 333 g/mol. The van der Waals surface area contributed by atoms with E-state index in [2.05, 4.69) is 5.32 Å². The number of amides is 1. The van der Waals surface area contributed by atoms with Gasteiger partial charge in [0.25, 0.3) is 0 Å². The van der Waals surface area contributed by atoms with E-state index >= 15 is 0 Å². The second kappa shape index (κ2) is 5.81. The molecule has 1 aliphatic heterocycles. The zero-order valence-electron chi connectivity index (χ0n) is 11.5. The summed E-state index contributed by atoms with van der Waals surface area (Å²) in [5, 5.41) is 2.65. The van der Waals surface area contributed by atoms with Crippen LogP contribution in [0.3, 0.4) is 0 Å². The third kappa shape index (κ3) is 2.85. The number of esters is 1. The smallest absolute Gasteiger partial charge is 0.329 e. The van der Waals surface area contributed by atoms with Crippen LogP contribution in [0.4, 0.5) is 4.39 Å². The first-order chi connectivity index (χ1) is 9.79. The Kier molecular flexibility index (Phi) is 4.44.